The van der Waals surface area contributed by atoms with E-state index < -0.39 is 11.9 Å². The number of hydrogen-bond acceptors (Lipinski definition) is 4. The molecule has 0 unspecified atom stereocenters. The van der Waals surface area contributed by atoms with Gasteiger partial charge in [0.1, 0.15) is 6.54 Å². The van der Waals surface area contributed by atoms with E-state index in [0.29, 0.717) is 0 Å². The van der Waals surface area contributed by atoms with Crippen molar-refractivity contribution < 1.29 is 19.1 Å². The van der Waals surface area contributed by atoms with Gasteiger partial charge >= 0.3 is 11.9 Å². The van der Waals surface area contributed by atoms with E-state index in [4.69, 9.17) is 0 Å². The summed E-state index contributed by atoms with van der Waals surface area (Å²) in [4.78, 5) is 34.6. The molecule has 0 aromatic rings. The van der Waals surface area contributed by atoms with Crippen LogP contribution in [-0.4, -0.2) is 49.4 Å². The van der Waals surface area contributed by atoms with Crippen molar-refractivity contribution >= 4 is 17.8 Å². The van der Waals surface area contributed by atoms with Crippen molar-refractivity contribution in [3.63, 3.8) is 0 Å². The third kappa shape index (κ3) is 4.44. The Morgan fingerprint density at radius 3 is 2.27 bits per heavy atom. The average molecular weight is 216 g/mol. The molecule has 0 heterocycles. The van der Waals surface area contributed by atoms with Gasteiger partial charge in [0, 0.05) is 13.6 Å². The van der Waals surface area contributed by atoms with E-state index in [-0.39, 0.29) is 25.6 Å². The van der Waals surface area contributed by atoms with Crippen molar-refractivity contribution in [1.82, 2.24) is 10.2 Å². The molecule has 0 aromatic heterocycles. The fourth-order valence-corrected chi connectivity index (χ4v) is 0.902. The average Bonchev–Trinajstić information content (AvgIpc) is 2.24. The molecule has 0 aliphatic rings. The van der Waals surface area contributed by atoms with E-state index >= 15 is 0 Å². The Morgan fingerprint density at radius 1 is 1.27 bits per heavy atom. The van der Waals surface area contributed by atoms with Gasteiger partial charge in [0.25, 0.3) is 0 Å². The van der Waals surface area contributed by atoms with Gasteiger partial charge < -0.3 is 15.0 Å². The molecular formula is C9H16N2O4. The van der Waals surface area contributed by atoms with Gasteiger partial charge in [-0.15, -0.1) is 0 Å². The number of nitrogens with one attached hydrogen (secondary N) is 1. The van der Waals surface area contributed by atoms with Gasteiger partial charge in [-0.25, -0.2) is 4.79 Å². The lowest BCUT2D eigenvalue weighted by Gasteiger charge is -2.18. The van der Waals surface area contributed by atoms with Crippen LogP contribution in [0.25, 0.3) is 0 Å². The molecule has 0 spiro atoms. The number of rotatable bonds is 4. The lowest BCUT2D eigenvalue weighted by atomic mass is 10.4. The van der Waals surface area contributed by atoms with Crippen molar-refractivity contribution in [2.45, 2.75) is 13.8 Å². The standard InChI is InChI=1S/C9H16N2O4/c1-4-11(6-7(12)10-3)8(13)9(14)15-5-2/h4-6H2,1-3H3,(H,10,12). The molecule has 0 fully saturated rings. The first-order valence-electron chi connectivity index (χ1n) is 4.73. The van der Waals surface area contributed by atoms with Gasteiger partial charge in [-0.05, 0) is 13.8 Å². The second kappa shape index (κ2) is 6.80. The van der Waals surface area contributed by atoms with Crippen molar-refractivity contribution in [3.05, 3.63) is 0 Å². The summed E-state index contributed by atoms with van der Waals surface area (Å²) in [6.07, 6.45) is 0. The highest BCUT2D eigenvalue weighted by atomic mass is 16.5. The van der Waals surface area contributed by atoms with Crippen molar-refractivity contribution in [3.8, 4) is 0 Å². The first kappa shape index (κ1) is 13.4. The first-order chi connectivity index (χ1) is 7.06. The summed E-state index contributed by atoms with van der Waals surface area (Å²) in [6.45, 7) is 3.58. The molecule has 6 heteroatoms. The first-order valence-corrected chi connectivity index (χ1v) is 4.73. The van der Waals surface area contributed by atoms with Crippen LogP contribution in [0.4, 0.5) is 0 Å². The van der Waals surface area contributed by atoms with E-state index in [2.05, 4.69) is 10.1 Å². The molecule has 0 saturated heterocycles. The Kier molecular flexibility index (Phi) is 6.08. The van der Waals surface area contributed by atoms with Gasteiger partial charge in [-0.2, -0.15) is 0 Å². The molecule has 0 aliphatic heterocycles. The molecule has 6 nitrogen and oxygen atoms in total. The third-order valence-electron chi connectivity index (χ3n) is 1.73. The number of amides is 2. The van der Waals surface area contributed by atoms with Crippen LogP contribution in [0.1, 0.15) is 13.8 Å². The zero-order chi connectivity index (χ0) is 11.8. The molecule has 1 N–H and O–H groups in total. The van der Waals surface area contributed by atoms with Gasteiger partial charge in [-0.3, -0.25) is 9.59 Å². The molecule has 0 aromatic carbocycles. The van der Waals surface area contributed by atoms with Crippen LogP contribution in [0.2, 0.25) is 0 Å². The number of likely N-dealkylation sites (N-methyl/N-ethyl adjacent to an activating group) is 2. The smallest absolute Gasteiger partial charge is 0.397 e. The summed E-state index contributed by atoms with van der Waals surface area (Å²) in [5.74, 6) is -2.04. The predicted octanol–water partition coefficient (Wildman–Crippen LogP) is -0.856. The number of carbonyl (C=O) groups excluding carboxylic acids is 3. The molecule has 0 saturated carbocycles. The number of esters is 1. The largest absolute Gasteiger partial charge is 0.459 e. The monoisotopic (exact) mass is 216 g/mol. The lowest BCUT2D eigenvalue weighted by Crippen LogP contribution is -2.43. The maximum atomic E-state index is 11.4. The van der Waals surface area contributed by atoms with Crippen molar-refractivity contribution in [2.24, 2.45) is 0 Å². The highest BCUT2D eigenvalue weighted by Crippen LogP contribution is 1.92. The Morgan fingerprint density at radius 2 is 1.87 bits per heavy atom. The quantitative estimate of drug-likeness (QED) is 0.490. The summed E-state index contributed by atoms with van der Waals surface area (Å²) in [6, 6.07) is 0. The van der Waals surface area contributed by atoms with Crippen LogP contribution >= 0.6 is 0 Å². The zero-order valence-corrected chi connectivity index (χ0v) is 9.20. The molecule has 0 bridgehead atoms. The highest BCUT2D eigenvalue weighted by molar-refractivity contribution is 6.32. The predicted molar refractivity (Wildman–Crippen MR) is 53.0 cm³/mol. The Bertz CT molecular complexity index is 252. The zero-order valence-electron chi connectivity index (χ0n) is 9.20. The van der Waals surface area contributed by atoms with Crippen LogP contribution in [0, 0.1) is 0 Å². The lowest BCUT2D eigenvalue weighted by molar-refractivity contribution is -0.160. The van der Waals surface area contributed by atoms with E-state index in [1.54, 1.807) is 13.8 Å². The molecule has 86 valence electrons. The second-order valence-corrected chi connectivity index (χ2v) is 2.71. The normalized spacial score (nSPS) is 9.27. The fourth-order valence-electron chi connectivity index (χ4n) is 0.902. The SMILES string of the molecule is CCOC(=O)C(=O)N(CC)CC(=O)NC. The Labute approximate surface area is 88.6 Å². The minimum Gasteiger partial charge on any atom is -0.459 e. The van der Waals surface area contributed by atoms with Crippen LogP contribution in [0.3, 0.4) is 0 Å². The maximum Gasteiger partial charge on any atom is 0.397 e. The van der Waals surface area contributed by atoms with Crippen LogP contribution in [0.5, 0.6) is 0 Å². The Hall–Kier alpha value is -1.59. The van der Waals surface area contributed by atoms with E-state index in [1.807, 2.05) is 0 Å². The fraction of sp³-hybridized carbons (Fsp3) is 0.667. The van der Waals surface area contributed by atoms with Crippen LogP contribution < -0.4 is 5.32 Å². The van der Waals surface area contributed by atoms with Crippen molar-refractivity contribution in [2.75, 3.05) is 26.7 Å². The maximum absolute atomic E-state index is 11.4. The minimum absolute atomic E-state index is 0.134. The van der Waals surface area contributed by atoms with Crippen LogP contribution in [-0.2, 0) is 19.1 Å². The topological polar surface area (TPSA) is 75.7 Å². The number of nitrogens with zero attached hydrogens (tertiary/aromatic N) is 1. The number of carbonyl (C=O) groups is 3. The number of hydrogen-bond donors (Lipinski definition) is 1. The molecular weight excluding hydrogens is 200 g/mol. The molecule has 0 radical (unpaired) electrons. The van der Waals surface area contributed by atoms with E-state index in [1.165, 1.54) is 7.05 Å². The molecule has 0 aliphatic carbocycles. The molecule has 15 heavy (non-hydrogen) atoms. The summed E-state index contributed by atoms with van der Waals surface area (Å²) in [7, 11) is 1.46. The van der Waals surface area contributed by atoms with Crippen LogP contribution in [0.15, 0.2) is 0 Å². The second-order valence-electron chi connectivity index (χ2n) is 2.71. The van der Waals surface area contributed by atoms with Crippen molar-refractivity contribution in [1.29, 1.82) is 0 Å². The third-order valence-corrected chi connectivity index (χ3v) is 1.73. The molecule has 0 rings (SSSR count). The minimum atomic E-state index is -0.928. The molecule has 0 atom stereocenters. The highest BCUT2D eigenvalue weighted by Gasteiger charge is 2.23. The van der Waals surface area contributed by atoms with Gasteiger partial charge in [0.05, 0.1) is 6.61 Å². The Balaban J connectivity index is 4.33. The molecule has 2 amide bonds. The summed E-state index contributed by atoms with van der Waals surface area (Å²) in [5.41, 5.74) is 0. The summed E-state index contributed by atoms with van der Waals surface area (Å²) in [5, 5.41) is 2.37. The van der Waals surface area contributed by atoms with Gasteiger partial charge in [-0.1, -0.05) is 0 Å². The van der Waals surface area contributed by atoms with E-state index in [9.17, 15) is 14.4 Å². The van der Waals surface area contributed by atoms with Gasteiger partial charge in [0.15, 0.2) is 0 Å². The number of ether oxygens (including phenoxy) is 1. The summed E-state index contributed by atoms with van der Waals surface area (Å²) >= 11 is 0. The van der Waals surface area contributed by atoms with Gasteiger partial charge in [0.2, 0.25) is 5.91 Å². The van der Waals surface area contributed by atoms with E-state index in [0.717, 1.165) is 4.90 Å². The summed E-state index contributed by atoms with van der Waals surface area (Å²) < 4.78 is 4.54.